The van der Waals surface area contributed by atoms with Crippen LogP contribution in [0.2, 0.25) is 0 Å². The minimum Gasteiger partial charge on any atom is -0.323 e. The molecule has 1 aromatic heterocycles. The fraction of sp³-hybridized carbons (Fsp3) is 0.500. The largest absolute Gasteiger partial charge is 0.323 e. The number of nitrogens with two attached hydrogens (primary N) is 1. The molecule has 0 radical (unpaired) electrons. The predicted molar refractivity (Wildman–Crippen MR) is 54.6 cm³/mol. The zero-order valence-electron chi connectivity index (χ0n) is 7.65. The van der Waals surface area contributed by atoms with E-state index in [0.29, 0.717) is 4.90 Å². The molecular formula is C8H13NO2S2. The molecule has 0 unspecified atom stereocenters. The highest BCUT2D eigenvalue weighted by Gasteiger charge is 2.12. The molecule has 0 aliphatic rings. The summed E-state index contributed by atoms with van der Waals surface area (Å²) in [7, 11) is -3.07. The summed E-state index contributed by atoms with van der Waals surface area (Å²) in [5.41, 5.74) is 5.77. The van der Waals surface area contributed by atoms with Crippen molar-refractivity contribution in [1.82, 2.24) is 0 Å². The smallest absolute Gasteiger partial charge is 0.176 e. The van der Waals surface area contributed by atoms with E-state index in [-0.39, 0.29) is 6.04 Å². The van der Waals surface area contributed by atoms with Gasteiger partial charge in [-0.1, -0.05) is 6.92 Å². The molecule has 13 heavy (non-hydrogen) atoms. The van der Waals surface area contributed by atoms with Crippen LogP contribution in [0.25, 0.3) is 0 Å². The van der Waals surface area contributed by atoms with Gasteiger partial charge in [-0.15, -0.1) is 11.3 Å². The van der Waals surface area contributed by atoms with Gasteiger partial charge in [0.2, 0.25) is 0 Å². The average Bonchev–Trinajstić information content (AvgIpc) is 2.50. The van der Waals surface area contributed by atoms with Gasteiger partial charge in [0.25, 0.3) is 0 Å². The third-order valence-electron chi connectivity index (χ3n) is 1.83. The second-order valence-electron chi connectivity index (χ2n) is 2.97. The molecule has 0 spiro atoms. The van der Waals surface area contributed by atoms with E-state index in [1.807, 2.05) is 6.92 Å². The van der Waals surface area contributed by atoms with Crippen LogP contribution in [0.3, 0.4) is 0 Å². The van der Waals surface area contributed by atoms with Gasteiger partial charge >= 0.3 is 0 Å². The van der Waals surface area contributed by atoms with Crippen LogP contribution in [0, 0.1) is 0 Å². The summed E-state index contributed by atoms with van der Waals surface area (Å²) in [6.45, 7) is 1.98. The summed E-state index contributed by atoms with van der Waals surface area (Å²) in [5.74, 6) is 0. The Hall–Kier alpha value is -0.390. The second kappa shape index (κ2) is 3.77. The summed E-state index contributed by atoms with van der Waals surface area (Å²) in [5, 5.41) is 1.64. The molecule has 0 aliphatic carbocycles. The van der Waals surface area contributed by atoms with E-state index >= 15 is 0 Å². The van der Waals surface area contributed by atoms with Gasteiger partial charge in [0.15, 0.2) is 9.84 Å². The fourth-order valence-electron chi connectivity index (χ4n) is 0.924. The number of hydrogen-bond acceptors (Lipinski definition) is 4. The molecule has 3 nitrogen and oxygen atoms in total. The van der Waals surface area contributed by atoms with Gasteiger partial charge in [0, 0.05) is 22.6 Å². The second-order valence-corrected chi connectivity index (χ2v) is 5.93. The maximum atomic E-state index is 11.1. The van der Waals surface area contributed by atoms with E-state index in [0.717, 1.165) is 11.3 Å². The van der Waals surface area contributed by atoms with E-state index in [1.165, 1.54) is 17.6 Å². The predicted octanol–water partition coefficient (Wildman–Crippen LogP) is 1.56. The van der Waals surface area contributed by atoms with Gasteiger partial charge in [-0.05, 0) is 12.5 Å². The molecule has 5 heteroatoms. The van der Waals surface area contributed by atoms with Crippen molar-refractivity contribution in [2.45, 2.75) is 24.3 Å². The first-order valence-electron chi connectivity index (χ1n) is 3.99. The summed E-state index contributed by atoms with van der Waals surface area (Å²) >= 11 is 1.40. The number of thiophene rings is 1. The van der Waals surface area contributed by atoms with Crippen LogP contribution in [0.1, 0.15) is 24.3 Å². The van der Waals surface area contributed by atoms with Crippen LogP contribution in [0.15, 0.2) is 16.3 Å². The van der Waals surface area contributed by atoms with Gasteiger partial charge in [0.05, 0.1) is 4.90 Å². The molecule has 0 fully saturated rings. The molecule has 0 saturated heterocycles. The van der Waals surface area contributed by atoms with Crippen LogP contribution in [0.4, 0.5) is 0 Å². The van der Waals surface area contributed by atoms with Crippen molar-refractivity contribution in [1.29, 1.82) is 0 Å². The maximum absolute atomic E-state index is 11.1. The SMILES string of the molecule is CC[C@H](N)c1cc(S(C)(=O)=O)cs1. The highest BCUT2D eigenvalue weighted by atomic mass is 32.2. The molecule has 0 bridgehead atoms. The minimum atomic E-state index is -3.07. The normalized spacial score (nSPS) is 14.4. The van der Waals surface area contributed by atoms with Crippen molar-refractivity contribution in [3.05, 3.63) is 16.3 Å². The molecule has 1 aromatic rings. The van der Waals surface area contributed by atoms with Crippen molar-refractivity contribution in [3.8, 4) is 0 Å². The third-order valence-corrected chi connectivity index (χ3v) is 4.13. The van der Waals surface area contributed by atoms with E-state index in [4.69, 9.17) is 5.73 Å². The van der Waals surface area contributed by atoms with Crippen molar-refractivity contribution in [2.24, 2.45) is 5.73 Å². The first-order valence-corrected chi connectivity index (χ1v) is 6.76. The molecule has 1 rings (SSSR count). The lowest BCUT2D eigenvalue weighted by atomic mass is 10.2. The highest BCUT2D eigenvalue weighted by Crippen LogP contribution is 2.25. The monoisotopic (exact) mass is 219 g/mol. The van der Waals surface area contributed by atoms with Gasteiger partial charge in [-0.3, -0.25) is 0 Å². The molecule has 1 atom stereocenters. The number of rotatable bonds is 3. The Morgan fingerprint density at radius 3 is 2.62 bits per heavy atom. The van der Waals surface area contributed by atoms with Crippen LogP contribution in [0.5, 0.6) is 0 Å². The minimum absolute atomic E-state index is 0.0412. The fourth-order valence-corrected chi connectivity index (χ4v) is 3.04. The number of hydrogen-bond donors (Lipinski definition) is 1. The first kappa shape index (κ1) is 10.7. The lowest BCUT2D eigenvalue weighted by Gasteiger charge is -2.03. The number of sulfone groups is 1. The summed E-state index contributed by atoms with van der Waals surface area (Å²) < 4.78 is 22.2. The Morgan fingerprint density at radius 1 is 1.62 bits per heavy atom. The van der Waals surface area contributed by atoms with Crippen LogP contribution >= 0.6 is 11.3 Å². The molecule has 2 N–H and O–H groups in total. The Labute approximate surface area is 82.5 Å². The maximum Gasteiger partial charge on any atom is 0.176 e. The Balaban J connectivity index is 3.00. The van der Waals surface area contributed by atoms with E-state index in [1.54, 1.807) is 11.4 Å². The lowest BCUT2D eigenvalue weighted by Crippen LogP contribution is -2.06. The van der Waals surface area contributed by atoms with Gasteiger partial charge in [0.1, 0.15) is 0 Å². The Kier molecular flexibility index (Phi) is 3.10. The van der Waals surface area contributed by atoms with Crippen LogP contribution in [-0.4, -0.2) is 14.7 Å². The van der Waals surface area contributed by atoms with E-state index < -0.39 is 9.84 Å². The summed E-state index contributed by atoms with van der Waals surface area (Å²) in [4.78, 5) is 1.30. The standard InChI is InChI=1S/C8H13NO2S2/c1-3-7(9)8-4-6(5-12-8)13(2,10)11/h4-5,7H,3,9H2,1-2H3/t7-/m0/s1. The van der Waals surface area contributed by atoms with Crippen LogP contribution < -0.4 is 5.73 Å². The van der Waals surface area contributed by atoms with E-state index in [2.05, 4.69) is 0 Å². The third kappa shape index (κ3) is 2.52. The van der Waals surface area contributed by atoms with E-state index in [9.17, 15) is 8.42 Å². The average molecular weight is 219 g/mol. The van der Waals surface area contributed by atoms with Crippen molar-refractivity contribution in [3.63, 3.8) is 0 Å². The van der Waals surface area contributed by atoms with Crippen molar-refractivity contribution in [2.75, 3.05) is 6.26 Å². The Morgan fingerprint density at radius 2 is 2.23 bits per heavy atom. The molecule has 0 aromatic carbocycles. The van der Waals surface area contributed by atoms with Gasteiger partial charge < -0.3 is 5.73 Å². The van der Waals surface area contributed by atoms with Crippen LogP contribution in [-0.2, 0) is 9.84 Å². The van der Waals surface area contributed by atoms with Gasteiger partial charge in [-0.2, -0.15) is 0 Å². The molecule has 0 saturated carbocycles. The molecular weight excluding hydrogens is 206 g/mol. The molecule has 1 heterocycles. The van der Waals surface area contributed by atoms with Crippen molar-refractivity contribution >= 4 is 21.2 Å². The quantitative estimate of drug-likeness (QED) is 0.839. The molecule has 74 valence electrons. The molecule has 0 amide bonds. The highest BCUT2D eigenvalue weighted by molar-refractivity contribution is 7.90. The first-order chi connectivity index (χ1) is 5.95. The van der Waals surface area contributed by atoms with Gasteiger partial charge in [-0.25, -0.2) is 8.42 Å². The topological polar surface area (TPSA) is 60.2 Å². The zero-order valence-corrected chi connectivity index (χ0v) is 9.28. The zero-order chi connectivity index (χ0) is 10.1. The molecule has 0 aliphatic heterocycles. The Bertz CT molecular complexity index is 381. The summed E-state index contributed by atoms with van der Waals surface area (Å²) in [6, 6.07) is 1.62. The lowest BCUT2D eigenvalue weighted by molar-refractivity contribution is 0.602. The summed E-state index contributed by atoms with van der Waals surface area (Å²) in [6.07, 6.45) is 2.03. The van der Waals surface area contributed by atoms with Crippen molar-refractivity contribution < 1.29 is 8.42 Å².